The predicted molar refractivity (Wildman–Crippen MR) is 72.0 cm³/mol. The summed E-state index contributed by atoms with van der Waals surface area (Å²) in [5.74, 6) is 0.366. The molecular formula is C12H29NO2Si. The van der Waals surface area contributed by atoms with E-state index in [4.69, 9.17) is 10.2 Å². The van der Waals surface area contributed by atoms with E-state index in [2.05, 4.69) is 20.0 Å². The summed E-state index contributed by atoms with van der Waals surface area (Å²) < 4.78 is 5.69. The predicted octanol–water partition coefficient (Wildman–Crippen LogP) is 2.36. The summed E-state index contributed by atoms with van der Waals surface area (Å²) in [5, 5.41) is 9.53. The van der Waals surface area contributed by atoms with Gasteiger partial charge in [-0.15, -0.1) is 0 Å². The lowest BCUT2D eigenvalue weighted by atomic mass is 9.97. The first-order valence-corrected chi connectivity index (χ1v) is 9.38. The lowest BCUT2D eigenvalue weighted by Crippen LogP contribution is -2.41. The zero-order chi connectivity index (χ0) is 12.6. The summed E-state index contributed by atoms with van der Waals surface area (Å²) in [7, 11) is 0.0939. The van der Waals surface area contributed by atoms with Crippen molar-refractivity contribution < 1.29 is 9.53 Å². The Morgan fingerprint density at radius 2 is 1.94 bits per heavy atom. The fourth-order valence-electron chi connectivity index (χ4n) is 2.37. The van der Waals surface area contributed by atoms with Crippen molar-refractivity contribution in [2.45, 2.75) is 51.2 Å². The van der Waals surface area contributed by atoms with Crippen molar-refractivity contribution >= 4 is 8.32 Å². The molecule has 0 spiro atoms. The first-order chi connectivity index (χ1) is 7.53. The minimum absolute atomic E-state index is 0.268. The average Bonchev–Trinajstić information content (AvgIpc) is 2.28. The van der Waals surface area contributed by atoms with Gasteiger partial charge < -0.3 is 15.3 Å². The Balaban J connectivity index is 4.57. The van der Waals surface area contributed by atoms with Gasteiger partial charge in [0, 0.05) is 13.7 Å². The molecule has 3 N–H and O–H groups in total. The van der Waals surface area contributed by atoms with Gasteiger partial charge in [0.2, 0.25) is 0 Å². The summed E-state index contributed by atoms with van der Waals surface area (Å²) in [6.45, 7) is 7.59. The van der Waals surface area contributed by atoms with E-state index < -0.39 is 8.32 Å². The van der Waals surface area contributed by atoms with Crippen LogP contribution in [0.5, 0.6) is 0 Å². The summed E-state index contributed by atoms with van der Waals surface area (Å²) in [6.07, 6.45) is 4.43. The maximum absolute atomic E-state index is 9.53. The smallest absolute Gasteiger partial charge is 0.189 e. The van der Waals surface area contributed by atoms with Gasteiger partial charge in [-0.1, -0.05) is 19.8 Å². The van der Waals surface area contributed by atoms with Crippen LogP contribution in [0.1, 0.15) is 32.6 Å². The minimum atomic E-state index is -1.70. The second kappa shape index (κ2) is 8.23. The second-order valence-corrected chi connectivity index (χ2v) is 9.43. The normalized spacial score (nSPS) is 16.1. The third-order valence-corrected chi connectivity index (χ3v) is 7.23. The van der Waals surface area contributed by atoms with Crippen LogP contribution in [-0.4, -0.2) is 33.7 Å². The highest BCUT2D eigenvalue weighted by molar-refractivity contribution is 6.72. The van der Waals surface area contributed by atoms with Gasteiger partial charge in [0.25, 0.3) is 0 Å². The van der Waals surface area contributed by atoms with E-state index in [0.29, 0.717) is 18.0 Å². The molecule has 0 fully saturated rings. The highest BCUT2D eigenvalue weighted by Crippen LogP contribution is 2.36. The lowest BCUT2D eigenvalue weighted by molar-refractivity contribution is 0.196. The zero-order valence-corrected chi connectivity index (χ0v) is 12.3. The van der Waals surface area contributed by atoms with Crippen LogP contribution in [-0.2, 0) is 4.43 Å². The number of hydrogen-bond donors (Lipinski definition) is 2. The molecule has 4 heteroatoms. The molecule has 0 heterocycles. The fourth-order valence-corrected chi connectivity index (χ4v) is 4.94. The highest BCUT2D eigenvalue weighted by atomic mass is 28.4. The lowest BCUT2D eigenvalue weighted by Gasteiger charge is -2.36. The van der Waals surface area contributed by atoms with Gasteiger partial charge in [-0.05, 0) is 43.9 Å². The Morgan fingerprint density at radius 3 is 2.31 bits per heavy atom. The van der Waals surface area contributed by atoms with E-state index in [9.17, 15) is 5.11 Å². The van der Waals surface area contributed by atoms with Crippen molar-refractivity contribution in [1.29, 1.82) is 0 Å². The number of unbranched alkanes of at least 4 members (excludes halogenated alkanes) is 1. The van der Waals surface area contributed by atoms with Crippen molar-refractivity contribution in [2.75, 3.05) is 20.3 Å². The average molecular weight is 247 g/mol. The molecule has 0 aromatic rings. The van der Waals surface area contributed by atoms with E-state index in [-0.39, 0.29) is 6.61 Å². The molecule has 0 saturated heterocycles. The number of hydrogen-bond acceptors (Lipinski definition) is 3. The van der Waals surface area contributed by atoms with Crippen molar-refractivity contribution in [1.82, 2.24) is 0 Å². The van der Waals surface area contributed by atoms with E-state index in [1.807, 2.05) is 0 Å². The summed E-state index contributed by atoms with van der Waals surface area (Å²) in [5.41, 5.74) is 6.16. The quantitative estimate of drug-likeness (QED) is 0.615. The van der Waals surface area contributed by atoms with Crippen LogP contribution in [0.2, 0.25) is 18.6 Å². The molecule has 16 heavy (non-hydrogen) atoms. The maximum atomic E-state index is 9.53. The van der Waals surface area contributed by atoms with Crippen molar-refractivity contribution in [2.24, 2.45) is 11.7 Å². The summed E-state index contributed by atoms with van der Waals surface area (Å²) in [4.78, 5) is 0. The Hall–Kier alpha value is 0.0969. The summed E-state index contributed by atoms with van der Waals surface area (Å²) >= 11 is 0. The molecule has 0 aromatic carbocycles. The van der Waals surface area contributed by atoms with Gasteiger partial charge >= 0.3 is 0 Å². The first kappa shape index (κ1) is 16.1. The monoisotopic (exact) mass is 247 g/mol. The van der Waals surface area contributed by atoms with Crippen molar-refractivity contribution in [3.8, 4) is 0 Å². The van der Waals surface area contributed by atoms with Crippen molar-refractivity contribution in [3.63, 3.8) is 0 Å². The molecule has 0 rings (SSSR count). The Bertz CT molecular complexity index is 176. The van der Waals surface area contributed by atoms with Gasteiger partial charge in [0.1, 0.15) is 0 Å². The molecule has 0 unspecified atom stereocenters. The van der Waals surface area contributed by atoms with Crippen LogP contribution >= 0.6 is 0 Å². The highest BCUT2D eigenvalue weighted by Gasteiger charge is 2.37. The number of aliphatic hydroxyl groups is 1. The van der Waals surface area contributed by atoms with E-state index in [1.54, 1.807) is 7.11 Å². The zero-order valence-electron chi connectivity index (χ0n) is 11.3. The molecule has 0 amide bonds. The van der Waals surface area contributed by atoms with Gasteiger partial charge in [0.15, 0.2) is 8.32 Å². The van der Waals surface area contributed by atoms with Crippen LogP contribution in [0, 0.1) is 5.92 Å². The van der Waals surface area contributed by atoms with Gasteiger partial charge in [-0.3, -0.25) is 0 Å². The van der Waals surface area contributed by atoms with E-state index >= 15 is 0 Å². The molecular weight excluding hydrogens is 218 g/mol. The van der Waals surface area contributed by atoms with E-state index in [0.717, 1.165) is 12.8 Å². The van der Waals surface area contributed by atoms with Crippen LogP contribution in [0.15, 0.2) is 0 Å². The fraction of sp³-hybridized carbons (Fsp3) is 1.00. The minimum Gasteiger partial charge on any atom is -0.420 e. The van der Waals surface area contributed by atoms with Crippen LogP contribution in [0.3, 0.4) is 0 Å². The molecule has 0 aromatic heterocycles. The van der Waals surface area contributed by atoms with Gasteiger partial charge in [-0.2, -0.15) is 0 Å². The molecule has 2 atom stereocenters. The second-order valence-electron chi connectivity index (χ2n) is 5.08. The molecule has 0 radical (unpaired) electrons. The number of rotatable bonds is 9. The molecule has 0 bridgehead atoms. The van der Waals surface area contributed by atoms with Gasteiger partial charge in [-0.25, -0.2) is 0 Å². The Labute approximate surface area is 102 Å². The SMILES string of the molecule is CCCC[C@H](CO)[C@@H](CCN)[Si](C)(C)OC. The Morgan fingerprint density at radius 1 is 1.31 bits per heavy atom. The van der Waals surface area contributed by atoms with Crippen LogP contribution in [0.4, 0.5) is 0 Å². The number of nitrogens with two attached hydrogens (primary N) is 1. The van der Waals surface area contributed by atoms with Crippen LogP contribution < -0.4 is 5.73 Å². The number of aliphatic hydroxyl groups excluding tert-OH is 1. The molecule has 0 saturated carbocycles. The summed E-state index contributed by atoms with van der Waals surface area (Å²) in [6, 6.07) is 0. The topological polar surface area (TPSA) is 55.5 Å². The third kappa shape index (κ3) is 4.95. The molecule has 0 aliphatic carbocycles. The third-order valence-electron chi connectivity index (χ3n) is 3.63. The van der Waals surface area contributed by atoms with E-state index in [1.165, 1.54) is 12.8 Å². The molecule has 3 nitrogen and oxygen atoms in total. The molecule has 0 aliphatic heterocycles. The molecule has 98 valence electrons. The van der Waals surface area contributed by atoms with Gasteiger partial charge in [0.05, 0.1) is 0 Å². The maximum Gasteiger partial charge on any atom is 0.189 e. The molecule has 0 aliphatic rings. The Kier molecular flexibility index (Phi) is 8.28. The standard InChI is InChI=1S/C12H29NO2Si/c1-5-6-7-11(10-14)12(8-9-13)16(3,4)15-2/h11-12,14H,5-10,13H2,1-4H3/t11-,12-/m1/s1. The van der Waals surface area contributed by atoms with Crippen molar-refractivity contribution in [3.05, 3.63) is 0 Å². The largest absolute Gasteiger partial charge is 0.420 e. The van der Waals surface area contributed by atoms with Crippen LogP contribution in [0.25, 0.3) is 0 Å². The first-order valence-electron chi connectivity index (χ1n) is 6.39.